The smallest absolute Gasteiger partial charge is 0.306 e. The van der Waals surface area contributed by atoms with Crippen molar-refractivity contribution in [1.82, 2.24) is 14.8 Å². The predicted octanol–water partition coefficient (Wildman–Crippen LogP) is 6.31. The molecule has 0 radical (unpaired) electrons. The Labute approximate surface area is 217 Å². The van der Waals surface area contributed by atoms with Crippen LogP contribution in [0.25, 0.3) is 10.8 Å². The number of carbonyl (C=O) groups excluding carboxylic acids is 1. The average Bonchev–Trinajstić information content (AvgIpc) is 3.31. The second kappa shape index (κ2) is 11.1. The molecule has 8 nitrogen and oxygen atoms in total. The van der Waals surface area contributed by atoms with Gasteiger partial charge in [-0.05, 0) is 41.3 Å². The molecule has 0 bridgehead atoms. The summed E-state index contributed by atoms with van der Waals surface area (Å²) in [7, 11) is 0. The van der Waals surface area contributed by atoms with E-state index in [0.29, 0.717) is 11.6 Å². The van der Waals surface area contributed by atoms with Gasteiger partial charge in [-0.1, -0.05) is 73.5 Å². The van der Waals surface area contributed by atoms with Gasteiger partial charge in [0.1, 0.15) is 5.82 Å². The molecule has 0 saturated heterocycles. The number of aromatic nitrogens is 3. The second-order valence-corrected chi connectivity index (χ2v) is 10.1. The van der Waals surface area contributed by atoms with Crippen molar-refractivity contribution in [1.29, 1.82) is 0 Å². The topological polar surface area (TPSA) is 103 Å². The maximum Gasteiger partial charge on any atom is 0.306 e. The number of benzene rings is 3. The summed E-state index contributed by atoms with van der Waals surface area (Å²) < 4.78 is 15.8. The number of hydrogen-bond donors (Lipinski definition) is 1. The standard InChI is InChI=1S/C27H26FN5O3S/c28-23-14-13-20(16-24(23)33(35)36)29-26(34)17-37-27-31-30-25(32(27)21-10-2-1-3-11-21)15-19-9-6-8-18-7-4-5-12-22(18)19/h4-9,12-14,16,21H,1-3,10-11,15,17H2,(H,29,34). The number of nitro groups is 1. The molecule has 0 aliphatic heterocycles. The van der Waals surface area contributed by atoms with Gasteiger partial charge in [0.25, 0.3) is 0 Å². The molecule has 0 unspecified atom stereocenters. The minimum atomic E-state index is -0.948. The van der Waals surface area contributed by atoms with Crippen molar-refractivity contribution < 1.29 is 14.1 Å². The van der Waals surface area contributed by atoms with Crippen LogP contribution in [0, 0.1) is 15.9 Å². The first kappa shape index (κ1) is 24.9. The highest BCUT2D eigenvalue weighted by Crippen LogP contribution is 2.34. The fourth-order valence-corrected chi connectivity index (χ4v) is 5.73. The molecule has 4 aromatic rings. The van der Waals surface area contributed by atoms with Crippen LogP contribution in [0.4, 0.5) is 15.8 Å². The van der Waals surface area contributed by atoms with Gasteiger partial charge in [0.2, 0.25) is 11.7 Å². The van der Waals surface area contributed by atoms with Crippen LogP contribution in [0.5, 0.6) is 0 Å². The molecule has 1 aliphatic carbocycles. The van der Waals surface area contributed by atoms with Gasteiger partial charge in [0.15, 0.2) is 5.16 Å². The highest BCUT2D eigenvalue weighted by Gasteiger charge is 2.24. The Balaban J connectivity index is 1.35. The zero-order chi connectivity index (χ0) is 25.8. The summed E-state index contributed by atoms with van der Waals surface area (Å²) in [6.07, 6.45) is 6.22. The van der Waals surface area contributed by atoms with E-state index in [9.17, 15) is 19.3 Å². The van der Waals surface area contributed by atoms with Crippen molar-refractivity contribution >= 4 is 39.8 Å². The molecule has 5 rings (SSSR count). The van der Waals surface area contributed by atoms with Gasteiger partial charge < -0.3 is 9.88 Å². The van der Waals surface area contributed by atoms with E-state index in [1.165, 1.54) is 40.6 Å². The lowest BCUT2D eigenvalue weighted by atomic mass is 9.95. The fraction of sp³-hybridized carbons (Fsp3) is 0.296. The number of nitro benzene ring substituents is 1. The van der Waals surface area contributed by atoms with E-state index in [1.54, 1.807) is 0 Å². The van der Waals surface area contributed by atoms with E-state index in [-0.39, 0.29) is 23.4 Å². The summed E-state index contributed by atoms with van der Waals surface area (Å²) in [4.78, 5) is 22.8. The molecule has 1 N–H and O–H groups in total. The van der Waals surface area contributed by atoms with Crippen molar-refractivity contribution in [3.05, 3.63) is 88.0 Å². The Morgan fingerprint density at radius 1 is 1.08 bits per heavy atom. The minimum absolute atomic E-state index is 0.0459. The van der Waals surface area contributed by atoms with Gasteiger partial charge in [0.05, 0.1) is 10.7 Å². The molecular weight excluding hydrogens is 493 g/mol. The Hall–Kier alpha value is -3.79. The van der Waals surface area contributed by atoms with Crippen LogP contribution in [0.2, 0.25) is 0 Å². The molecule has 1 amide bonds. The highest BCUT2D eigenvalue weighted by molar-refractivity contribution is 7.99. The van der Waals surface area contributed by atoms with Crippen LogP contribution in [-0.4, -0.2) is 31.3 Å². The molecule has 1 fully saturated rings. The second-order valence-electron chi connectivity index (χ2n) is 9.14. The maximum atomic E-state index is 13.6. The third-order valence-electron chi connectivity index (χ3n) is 6.66. The Kier molecular flexibility index (Phi) is 7.45. The number of rotatable bonds is 8. The number of amides is 1. The molecule has 0 atom stereocenters. The summed E-state index contributed by atoms with van der Waals surface area (Å²) >= 11 is 1.29. The number of hydrogen-bond acceptors (Lipinski definition) is 6. The molecule has 37 heavy (non-hydrogen) atoms. The summed E-state index contributed by atoms with van der Waals surface area (Å²) in [6, 6.07) is 18.1. The maximum absolute atomic E-state index is 13.6. The Morgan fingerprint density at radius 2 is 1.86 bits per heavy atom. The third kappa shape index (κ3) is 5.64. The molecule has 0 spiro atoms. The molecule has 190 valence electrons. The number of fused-ring (bicyclic) bond motifs is 1. The molecular formula is C27H26FN5O3S. The SMILES string of the molecule is O=C(CSc1nnc(Cc2cccc3ccccc23)n1C1CCCCC1)Nc1ccc(F)c([N+](=O)[O-])c1. The van der Waals surface area contributed by atoms with Crippen LogP contribution in [0.15, 0.2) is 65.8 Å². The number of thioether (sulfide) groups is 1. The van der Waals surface area contributed by atoms with Crippen molar-refractivity contribution in [3.63, 3.8) is 0 Å². The van der Waals surface area contributed by atoms with Gasteiger partial charge in [-0.3, -0.25) is 14.9 Å². The third-order valence-corrected chi connectivity index (χ3v) is 7.61. The summed E-state index contributed by atoms with van der Waals surface area (Å²) in [5.41, 5.74) is 0.666. The van der Waals surface area contributed by atoms with Crippen LogP contribution < -0.4 is 5.32 Å². The fourth-order valence-electron chi connectivity index (χ4n) is 4.91. The van der Waals surface area contributed by atoms with E-state index in [2.05, 4.69) is 50.4 Å². The Bertz CT molecular complexity index is 1450. The quantitative estimate of drug-likeness (QED) is 0.166. The molecule has 1 aromatic heterocycles. The zero-order valence-electron chi connectivity index (χ0n) is 20.1. The van der Waals surface area contributed by atoms with Crippen LogP contribution in [0.1, 0.15) is 49.5 Å². The van der Waals surface area contributed by atoms with Gasteiger partial charge in [-0.15, -0.1) is 10.2 Å². The number of anilines is 1. The first-order chi connectivity index (χ1) is 18.0. The lowest BCUT2D eigenvalue weighted by Gasteiger charge is -2.25. The summed E-state index contributed by atoms with van der Waals surface area (Å²) in [5.74, 6) is -0.388. The first-order valence-corrected chi connectivity index (χ1v) is 13.2. The van der Waals surface area contributed by atoms with Gasteiger partial charge >= 0.3 is 5.69 Å². The van der Waals surface area contributed by atoms with Crippen LogP contribution in [-0.2, 0) is 11.2 Å². The predicted molar refractivity (Wildman–Crippen MR) is 141 cm³/mol. The number of nitrogens with zero attached hydrogens (tertiary/aromatic N) is 4. The molecule has 10 heteroatoms. The van der Waals surface area contributed by atoms with Crippen molar-refractivity contribution in [2.45, 2.75) is 49.7 Å². The summed E-state index contributed by atoms with van der Waals surface area (Å²) in [6.45, 7) is 0. The zero-order valence-corrected chi connectivity index (χ0v) is 20.9. The lowest BCUT2D eigenvalue weighted by molar-refractivity contribution is -0.387. The van der Waals surface area contributed by atoms with E-state index < -0.39 is 16.4 Å². The lowest BCUT2D eigenvalue weighted by Crippen LogP contribution is -2.18. The van der Waals surface area contributed by atoms with Gasteiger partial charge in [-0.25, -0.2) is 0 Å². The number of halogens is 1. The average molecular weight is 520 g/mol. The van der Waals surface area contributed by atoms with Gasteiger partial charge in [-0.2, -0.15) is 4.39 Å². The number of nitrogens with one attached hydrogen (secondary N) is 1. The van der Waals surface area contributed by atoms with Crippen molar-refractivity contribution in [2.24, 2.45) is 0 Å². The van der Waals surface area contributed by atoms with Crippen LogP contribution >= 0.6 is 11.8 Å². The first-order valence-electron chi connectivity index (χ1n) is 12.3. The summed E-state index contributed by atoms with van der Waals surface area (Å²) in [5, 5.41) is 25.6. The van der Waals surface area contributed by atoms with E-state index >= 15 is 0 Å². The number of carbonyl (C=O) groups is 1. The van der Waals surface area contributed by atoms with Crippen molar-refractivity contribution in [3.8, 4) is 0 Å². The van der Waals surface area contributed by atoms with Gasteiger partial charge in [0, 0.05) is 24.2 Å². The van der Waals surface area contributed by atoms with Crippen LogP contribution in [0.3, 0.4) is 0 Å². The largest absolute Gasteiger partial charge is 0.325 e. The normalized spacial score (nSPS) is 14.1. The molecule has 1 aliphatic rings. The van der Waals surface area contributed by atoms with E-state index in [0.717, 1.165) is 43.6 Å². The van der Waals surface area contributed by atoms with E-state index in [1.807, 2.05) is 12.1 Å². The molecule has 1 heterocycles. The Morgan fingerprint density at radius 3 is 2.68 bits per heavy atom. The molecule has 1 saturated carbocycles. The minimum Gasteiger partial charge on any atom is -0.325 e. The highest BCUT2D eigenvalue weighted by atomic mass is 32.2. The monoisotopic (exact) mass is 519 g/mol. The van der Waals surface area contributed by atoms with E-state index in [4.69, 9.17) is 0 Å². The van der Waals surface area contributed by atoms with Crippen molar-refractivity contribution in [2.75, 3.05) is 11.1 Å². The molecule has 3 aromatic carbocycles.